The Balaban J connectivity index is 1.66. The molecule has 0 spiro atoms. The van der Waals surface area contributed by atoms with E-state index in [4.69, 9.17) is 10.00 Å². The SMILES string of the molecule is COc1ccc(C(=O)N2CCCN(C(=O)c3cccc(C#N)c3)CC2)cc1. The van der Waals surface area contributed by atoms with Crippen molar-refractivity contribution in [2.24, 2.45) is 0 Å². The van der Waals surface area contributed by atoms with E-state index in [-0.39, 0.29) is 11.8 Å². The zero-order chi connectivity index (χ0) is 19.2. The second-order valence-corrected chi connectivity index (χ2v) is 6.36. The highest BCUT2D eigenvalue weighted by molar-refractivity contribution is 5.95. The maximum absolute atomic E-state index is 12.7. The molecule has 1 fully saturated rings. The summed E-state index contributed by atoms with van der Waals surface area (Å²) in [5.41, 5.74) is 1.58. The molecule has 2 amide bonds. The highest BCUT2D eigenvalue weighted by Crippen LogP contribution is 2.16. The molecule has 0 atom stereocenters. The van der Waals surface area contributed by atoms with Gasteiger partial charge in [-0.25, -0.2) is 0 Å². The first-order valence-corrected chi connectivity index (χ1v) is 8.85. The average Bonchev–Trinajstić information content (AvgIpc) is 2.99. The van der Waals surface area contributed by atoms with Crippen LogP contribution >= 0.6 is 0 Å². The lowest BCUT2D eigenvalue weighted by molar-refractivity contribution is 0.0718. The number of carbonyl (C=O) groups excluding carboxylic acids is 2. The Morgan fingerprint density at radius 1 is 0.926 bits per heavy atom. The van der Waals surface area contributed by atoms with E-state index in [1.807, 2.05) is 0 Å². The van der Waals surface area contributed by atoms with Crippen molar-refractivity contribution in [3.63, 3.8) is 0 Å². The number of benzene rings is 2. The van der Waals surface area contributed by atoms with Crippen LogP contribution in [0.1, 0.15) is 32.7 Å². The number of rotatable bonds is 3. The third kappa shape index (κ3) is 4.26. The van der Waals surface area contributed by atoms with Crippen LogP contribution in [0.3, 0.4) is 0 Å². The molecule has 1 saturated heterocycles. The van der Waals surface area contributed by atoms with Crippen molar-refractivity contribution < 1.29 is 14.3 Å². The van der Waals surface area contributed by atoms with Crippen molar-refractivity contribution in [2.45, 2.75) is 6.42 Å². The smallest absolute Gasteiger partial charge is 0.253 e. The topological polar surface area (TPSA) is 73.6 Å². The molecule has 1 aliphatic heterocycles. The summed E-state index contributed by atoms with van der Waals surface area (Å²) in [6.45, 7) is 2.14. The van der Waals surface area contributed by atoms with E-state index < -0.39 is 0 Å². The van der Waals surface area contributed by atoms with Crippen LogP contribution in [0.5, 0.6) is 5.75 Å². The minimum atomic E-state index is -0.106. The van der Waals surface area contributed by atoms with E-state index >= 15 is 0 Å². The number of methoxy groups -OCH3 is 1. The van der Waals surface area contributed by atoms with E-state index in [9.17, 15) is 9.59 Å². The molecule has 0 saturated carbocycles. The summed E-state index contributed by atoms with van der Waals surface area (Å²) < 4.78 is 5.12. The molecule has 27 heavy (non-hydrogen) atoms. The molecule has 0 unspecified atom stereocenters. The van der Waals surface area contributed by atoms with E-state index in [2.05, 4.69) is 6.07 Å². The van der Waals surface area contributed by atoms with E-state index in [0.717, 1.165) is 0 Å². The molecule has 138 valence electrons. The largest absolute Gasteiger partial charge is 0.497 e. The molecule has 0 radical (unpaired) electrons. The van der Waals surface area contributed by atoms with Gasteiger partial charge in [-0.1, -0.05) is 6.07 Å². The second kappa shape index (κ2) is 8.37. The van der Waals surface area contributed by atoms with Crippen molar-refractivity contribution in [1.82, 2.24) is 9.80 Å². The van der Waals surface area contributed by atoms with Crippen molar-refractivity contribution >= 4 is 11.8 Å². The van der Waals surface area contributed by atoms with Crippen molar-refractivity contribution in [3.8, 4) is 11.8 Å². The molecule has 0 bridgehead atoms. The number of ether oxygens (including phenoxy) is 1. The Bertz CT molecular complexity index is 871. The van der Waals surface area contributed by atoms with Gasteiger partial charge in [0, 0.05) is 37.3 Å². The van der Waals surface area contributed by atoms with Crippen LogP contribution in [0.15, 0.2) is 48.5 Å². The van der Waals surface area contributed by atoms with Crippen LogP contribution in [0, 0.1) is 11.3 Å². The van der Waals surface area contributed by atoms with Gasteiger partial charge in [0.25, 0.3) is 11.8 Å². The molecule has 3 rings (SSSR count). The van der Waals surface area contributed by atoms with Crippen LogP contribution in [-0.4, -0.2) is 54.9 Å². The molecular formula is C21H21N3O3. The lowest BCUT2D eigenvalue weighted by Crippen LogP contribution is -2.37. The van der Waals surface area contributed by atoms with Gasteiger partial charge in [0.05, 0.1) is 18.7 Å². The minimum Gasteiger partial charge on any atom is -0.497 e. The van der Waals surface area contributed by atoms with Gasteiger partial charge in [-0.2, -0.15) is 5.26 Å². The quantitative estimate of drug-likeness (QED) is 0.840. The van der Waals surface area contributed by atoms with Gasteiger partial charge in [-0.15, -0.1) is 0 Å². The van der Waals surface area contributed by atoms with Crippen molar-refractivity contribution in [3.05, 3.63) is 65.2 Å². The first-order valence-electron chi connectivity index (χ1n) is 8.85. The summed E-state index contributed by atoms with van der Waals surface area (Å²) in [6.07, 6.45) is 0.714. The van der Waals surface area contributed by atoms with Crippen LogP contribution in [-0.2, 0) is 0 Å². The fraction of sp³-hybridized carbons (Fsp3) is 0.286. The van der Waals surface area contributed by atoms with Gasteiger partial charge in [0.2, 0.25) is 0 Å². The molecule has 0 aliphatic carbocycles. The van der Waals surface area contributed by atoms with Gasteiger partial charge in [0.15, 0.2) is 0 Å². The maximum atomic E-state index is 12.7. The zero-order valence-electron chi connectivity index (χ0n) is 15.2. The summed E-state index contributed by atoms with van der Waals surface area (Å²) in [6, 6.07) is 15.8. The summed E-state index contributed by atoms with van der Waals surface area (Å²) in [5, 5.41) is 9.01. The molecule has 6 heteroatoms. The molecule has 2 aromatic carbocycles. The van der Waals surface area contributed by atoms with E-state index in [0.29, 0.717) is 55.0 Å². The van der Waals surface area contributed by atoms with Crippen LogP contribution < -0.4 is 4.74 Å². The zero-order valence-corrected chi connectivity index (χ0v) is 15.2. The molecule has 1 aliphatic rings. The monoisotopic (exact) mass is 363 g/mol. The Labute approximate surface area is 158 Å². The number of hydrogen-bond acceptors (Lipinski definition) is 4. The van der Waals surface area contributed by atoms with E-state index in [1.165, 1.54) is 0 Å². The van der Waals surface area contributed by atoms with Crippen molar-refractivity contribution in [2.75, 3.05) is 33.3 Å². The van der Waals surface area contributed by atoms with Crippen molar-refractivity contribution in [1.29, 1.82) is 5.26 Å². The first kappa shape index (κ1) is 18.5. The summed E-state index contributed by atoms with van der Waals surface area (Å²) in [4.78, 5) is 29.0. The molecule has 0 aromatic heterocycles. The lowest BCUT2D eigenvalue weighted by atomic mass is 10.1. The van der Waals surface area contributed by atoms with Gasteiger partial charge in [-0.05, 0) is 48.9 Å². The van der Waals surface area contributed by atoms with Crippen LogP contribution in [0.2, 0.25) is 0 Å². The fourth-order valence-corrected chi connectivity index (χ4v) is 3.14. The Morgan fingerprint density at radius 2 is 1.56 bits per heavy atom. The highest BCUT2D eigenvalue weighted by Gasteiger charge is 2.23. The summed E-state index contributed by atoms with van der Waals surface area (Å²) in [7, 11) is 1.59. The third-order valence-electron chi connectivity index (χ3n) is 4.65. The highest BCUT2D eigenvalue weighted by atomic mass is 16.5. The second-order valence-electron chi connectivity index (χ2n) is 6.36. The summed E-state index contributed by atoms with van der Waals surface area (Å²) >= 11 is 0. The predicted octanol–water partition coefficient (Wildman–Crippen LogP) is 2.56. The average molecular weight is 363 g/mol. The molecule has 2 aromatic rings. The molecule has 6 nitrogen and oxygen atoms in total. The minimum absolute atomic E-state index is 0.0431. The van der Waals surface area contributed by atoms with Gasteiger partial charge in [-0.3, -0.25) is 9.59 Å². The Hall–Kier alpha value is -3.33. The lowest BCUT2D eigenvalue weighted by Gasteiger charge is -2.22. The van der Waals surface area contributed by atoms with Gasteiger partial charge >= 0.3 is 0 Å². The standard InChI is InChI=1S/C21H21N3O3/c1-27-19-8-6-17(7-9-19)20(25)23-10-3-11-24(13-12-23)21(26)18-5-2-4-16(14-18)15-22/h2,4-9,14H,3,10-13H2,1H3. The normalized spacial score (nSPS) is 14.2. The van der Waals surface area contributed by atoms with Gasteiger partial charge < -0.3 is 14.5 Å². The number of hydrogen-bond donors (Lipinski definition) is 0. The fourth-order valence-electron chi connectivity index (χ4n) is 3.14. The third-order valence-corrected chi connectivity index (χ3v) is 4.65. The number of nitriles is 1. The van der Waals surface area contributed by atoms with Crippen LogP contribution in [0.4, 0.5) is 0 Å². The Kier molecular flexibility index (Phi) is 5.72. The molecule has 1 heterocycles. The maximum Gasteiger partial charge on any atom is 0.253 e. The predicted molar refractivity (Wildman–Crippen MR) is 101 cm³/mol. The number of amides is 2. The van der Waals surface area contributed by atoms with Gasteiger partial charge in [0.1, 0.15) is 5.75 Å². The number of carbonyl (C=O) groups is 2. The molecule has 0 N–H and O–H groups in total. The summed E-state index contributed by atoms with van der Waals surface area (Å²) in [5.74, 6) is 0.558. The molecular weight excluding hydrogens is 342 g/mol. The Morgan fingerprint density at radius 3 is 2.15 bits per heavy atom. The van der Waals surface area contributed by atoms with Crippen LogP contribution in [0.25, 0.3) is 0 Å². The number of nitrogens with zero attached hydrogens (tertiary/aromatic N) is 3. The van der Waals surface area contributed by atoms with E-state index in [1.54, 1.807) is 65.4 Å². The first-order chi connectivity index (χ1) is 13.1.